The Bertz CT molecular complexity index is 729. The maximum Gasteiger partial charge on any atom is 0.323 e. The third kappa shape index (κ3) is 5.73. The van der Waals surface area contributed by atoms with Gasteiger partial charge in [-0.1, -0.05) is 43.2 Å². The second-order valence-electron chi connectivity index (χ2n) is 7.72. The Morgan fingerprint density at radius 1 is 1.17 bits per heavy atom. The number of thioether (sulfide) groups is 1. The van der Waals surface area contributed by atoms with Crippen LogP contribution in [0.25, 0.3) is 0 Å². The second-order valence-corrected chi connectivity index (χ2v) is 8.99. The summed E-state index contributed by atoms with van der Waals surface area (Å²) in [5.74, 6) is -1.86. The molecule has 1 amide bonds. The lowest BCUT2D eigenvalue weighted by atomic mass is 9.93. The van der Waals surface area contributed by atoms with Crippen molar-refractivity contribution in [3.63, 3.8) is 0 Å². The van der Waals surface area contributed by atoms with E-state index in [1.54, 1.807) is 11.8 Å². The van der Waals surface area contributed by atoms with Gasteiger partial charge in [-0.25, -0.2) is 0 Å². The fraction of sp³-hybridized carbons (Fsp3) is 0.571. The Hall–Kier alpha value is -2.06. The summed E-state index contributed by atoms with van der Waals surface area (Å²) < 4.78 is 0. The van der Waals surface area contributed by atoms with Crippen LogP contribution in [-0.4, -0.2) is 68.6 Å². The van der Waals surface area contributed by atoms with E-state index in [4.69, 9.17) is 0 Å². The molecular weight excluding hydrogens is 392 g/mol. The number of carbonyl (C=O) groups is 3. The van der Waals surface area contributed by atoms with Gasteiger partial charge in [0.05, 0.1) is 6.04 Å². The lowest BCUT2D eigenvalue weighted by Crippen LogP contribution is -2.56. The Morgan fingerprint density at radius 3 is 2.59 bits per heavy atom. The highest BCUT2D eigenvalue weighted by molar-refractivity contribution is 8.00. The number of aliphatic carboxylic acids is 2. The summed E-state index contributed by atoms with van der Waals surface area (Å²) in [7, 11) is 0. The van der Waals surface area contributed by atoms with E-state index in [0.29, 0.717) is 18.6 Å². The zero-order chi connectivity index (χ0) is 20.8. The summed E-state index contributed by atoms with van der Waals surface area (Å²) in [5.41, 5.74) is 1.04. The molecule has 0 bridgehead atoms. The normalized spacial score (nSPS) is 25.7. The van der Waals surface area contributed by atoms with Crippen molar-refractivity contribution in [1.82, 2.24) is 10.2 Å². The van der Waals surface area contributed by atoms with Crippen molar-refractivity contribution >= 4 is 29.6 Å². The van der Waals surface area contributed by atoms with Crippen LogP contribution < -0.4 is 5.32 Å². The van der Waals surface area contributed by atoms with Gasteiger partial charge in [0.2, 0.25) is 5.91 Å². The average molecular weight is 421 g/mol. The number of hydrogen-bond donors (Lipinski definition) is 3. The smallest absolute Gasteiger partial charge is 0.323 e. The maximum atomic E-state index is 13.2. The van der Waals surface area contributed by atoms with E-state index < -0.39 is 24.0 Å². The molecule has 29 heavy (non-hydrogen) atoms. The van der Waals surface area contributed by atoms with Crippen LogP contribution in [0.15, 0.2) is 30.3 Å². The molecule has 0 radical (unpaired) electrons. The van der Waals surface area contributed by atoms with Gasteiger partial charge in [0.25, 0.3) is 0 Å². The fourth-order valence-electron chi connectivity index (χ4n) is 4.22. The molecule has 1 saturated heterocycles. The molecule has 0 aromatic heterocycles. The zero-order valence-corrected chi connectivity index (χ0v) is 17.1. The fourth-order valence-corrected chi connectivity index (χ4v) is 5.74. The van der Waals surface area contributed by atoms with Crippen molar-refractivity contribution in [3.05, 3.63) is 35.9 Å². The number of carboxylic acids is 2. The van der Waals surface area contributed by atoms with Gasteiger partial charge < -0.3 is 15.1 Å². The lowest BCUT2D eigenvalue weighted by molar-refractivity contribution is -0.148. The van der Waals surface area contributed by atoms with Crippen LogP contribution in [0.4, 0.5) is 0 Å². The number of fused-ring (bicyclic) bond motifs is 1. The molecule has 1 saturated carbocycles. The van der Waals surface area contributed by atoms with Gasteiger partial charge in [0.1, 0.15) is 12.6 Å². The lowest BCUT2D eigenvalue weighted by Gasteiger charge is -2.37. The predicted molar refractivity (Wildman–Crippen MR) is 111 cm³/mol. The Labute approximate surface area is 174 Å². The first-order valence-electron chi connectivity index (χ1n) is 10.1. The molecule has 3 N–H and O–H groups in total. The van der Waals surface area contributed by atoms with E-state index in [1.165, 1.54) is 4.90 Å². The minimum absolute atomic E-state index is 0.0863. The first kappa shape index (κ1) is 21.6. The molecule has 7 nitrogen and oxygen atoms in total. The van der Waals surface area contributed by atoms with E-state index in [1.807, 2.05) is 30.3 Å². The highest BCUT2D eigenvalue weighted by Crippen LogP contribution is 2.35. The van der Waals surface area contributed by atoms with Gasteiger partial charge in [-0.15, -0.1) is 0 Å². The summed E-state index contributed by atoms with van der Waals surface area (Å²) in [5, 5.41) is 22.2. The van der Waals surface area contributed by atoms with Crippen LogP contribution in [0.5, 0.6) is 0 Å². The van der Waals surface area contributed by atoms with E-state index in [0.717, 1.165) is 31.2 Å². The number of carboxylic acid groups (broad SMARTS) is 2. The third-order valence-electron chi connectivity index (χ3n) is 5.70. The van der Waals surface area contributed by atoms with Crippen molar-refractivity contribution in [1.29, 1.82) is 0 Å². The Morgan fingerprint density at radius 2 is 1.90 bits per heavy atom. The van der Waals surface area contributed by atoms with Crippen LogP contribution in [0, 0.1) is 0 Å². The molecule has 0 spiro atoms. The average Bonchev–Trinajstić information content (AvgIpc) is 2.83. The van der Waals surface area contributed by atoms with E-state index >= 15 is 0 Å². The van der Waals surface area contributed by atoms with Gasteiger partial charge in [-0.3, -0.25) is 19.7 Å². The molecular formula is C21H28N2O5S. The standard InChI is InChI=1S/C21H28N2O5S/c24-19(25)12-23-17-8-4-5-9-18(17)29-13-16(20(23)26)22-15(21(27)28)11-10-14-6-2-1-3-7-14/h1-3,6-7,15-18,22H,4-5,8-13H2,(H,24,25)(H,27,28). The van der Waals surface area contributed by atoms with Crippen LogP contribution in [0.2, 0.25) is 0 Å². The Kier molecular flexibility index (Phi) is 7.55. The maximum absolute atomic E-state index is 13.2. The van der Waals surface area contributed by atoms with Crippen LogP contribution in [0.3, 0.4) is 0 Å². The topological polar surface area (TPSA) is 107 Å². The Balaban J connectivity index is 1.71. The SMILES string of the molecule is O=C(O)CN1C(=O)C(NC(CCc2ccccc2)C(=O)O)CSC2CCCCC21. The van der Waals surface area contributed by atoms with Gasteiger partial charge >= 0.3 is 11.9 Å². The molecule has 1 aromatic rings. The van der Waals surface area contributed by atoms with Crippen molar-refractivity contribution < 1.29 is 24.6 Å². The van der Waals surface area contributed by atoms with Crippen molar-refractivity contribution in [2.75, 3.05) is 12.3 Å². The van der Waals surface area contributed by atoms with Crippen LogP contribution in [-0.2, 0) is 20.8 Å². The molecule has 2 fully saturated rings. The van der Waals surface area contributed by atoms with E-state index in [-0.39, 0.29) is 23.7 Å². The number of benzene rings is 1. The van der Waals surface area contributed by atoms with E-state index in [2.05, 4.69) is 5.32 Å². The van der Waals surface area contributed by atoms with Gasteiger partial charge in [-0.05, 0) is 31.2 Å². The minimum Gasteiger partial charge on any atom is -0.480 e. The second kappa shape index (κ2) is 10.1. The number of amides is 1. The van der Waals surface area contributed by atoms with Crippen molar-refractivity contribution in [3.8, 4) is 0 Å². The summed E-state index contributed by atoms with van der Waals surface area (Å²) in [6.07, 6.45) is 4.78. The molecule has 158 valence electrons. The molecule has 1 aromatic carbocycles. The number of rotatable bonds is 8. The first-order valence-corrected chi connectivity index (χ1v) is 11.2. The molecule has 1 aliphatic heterocycles. The van der Waals surface area contributed by atoms with Gasteiger partial charge in [-0.2, -0.15) is 11.8 Å². The van der Waals surface area contributed by atoms with Gasteiger partial charge in [0, 0.05) is 17.0 Å². The minimum atomic E-state index is -1.04. The molecule has 4 unspecified atom stereocenters. The molecule has 1 aliphatic carbocycles. The molecule has 3 rings (SSSR count). The van der Waals surface area contributed by atoms with Crippen LogP contribution >= 0.6 is 11.8 Å². The molecule has 1 heterocycles. The summed E-state index contributed by atoms with van der Waals surface area (Å²) >= 11 is 1.67. The number of hydrogen-bond acceptors (Lipinski definition) is 5. The molecule has 4 atom stereocenters. The number of nitrogens with zero attached hydrogens (tertiary/aromatic N) is 1. The predicted octanol–water partition coefficient (Wildman–Crippen LogP) is 2.00. The monoisotopic (exact) mass is 420 g/mol. The van der Waals surface area contributed by atoms with Gasteiger partial charge in [0.15, 0.2) is 0 Å². The number of carbonyl (C=O) groups excluding carboxylic acids is 1. The molecule has 8 heteroatoms. The number of nitrogens with one attached hydrogen (secondary N) is 1. The van der Waals surface area contributed by atoms with E-state index in [9.17, 15) is 24.6 Å². The summed E-state index contributed by atoms with van der Waals surface area (Å²) in [6, 6.07) is 7.99. The first-order chi connectivity index (χ1) is 14.0. The van der Waals surface area contributed by atoms with Crippen molar-refractivity contribution in [2.45, 2.75) is 61.9 Å². The summed E-state index contributed by atoms with van der Waals surface area (Å²) in [6.45, 7) is -0.333. The zero-order valence-electron chi connectivity index (χ0n) is 16.3. The number of aryl methyl sites for hydroxylation is 1. The van der Waals surface area contributed by atoms with Crippen LogP contribution in [0.1, 0.15) is 37.7 Å². The highest BCUT2D eigenvalue weighted by atomic mass is 32.2. The quantitative estimate of drug-likeness (QED) is 0.590. The largest absolute Gasteiger partial charge is 0.480 e. The van der Waals surface area contributed by atoms with Crippen molar-refractivity contribution in [2.24, 2.45) is 0 Å². The molecule has 2 aliphatic rings. The highest BCUT2D eigenvalue weighted by Gasteiger charge is 2.41. The summed E-state index contributed by atoms with van der Waals surface area (Å²) in [4.78, 5) is 37.8. The third-order valence-corrected chi connectivity index (χ3v) is 7.20.